The van der Waals surface area contributed by atoms with Crippen molar-refractivity contribution in [2.75, 3.05) is 13.1 Å². The third-order valence-corrected chi connectivity index (χ3v) is 6.38. The van der Waals surface area contributed by atoms with Crippen LogP contribution >= 0.6 is 0 Å². The monoisotopic (exact) mass is 370 g/mol. The lowest BCUT2D eigenvalue weighted by molar-refractivity contribution is -0.130. The number of aromatic nitrogens is 2. The number of carbonyl (C=O) groups is 2. The standard InChI is InChI=1S/C21H30N4O2/c1-14-17-8-4-5-9-18(17)24-19(23-14)10-11-22-21(27)15-12-20(26)25(13-15)16-6-2-3-7-16/h15-16H,2-13H2,1H3,(H,22,27)/t15-/m1/s1. The first-order valence-electron chi connectivity index (χ1n) is 10.5. The van der Waals surface area contributed by atoms with Gasteiger partial charge in [0.2, 0.25) is 11.8 Å². The predicted octanol–water partition coefficient (Wildman–Crippen LogP) is 2.11. The highest BCUT2D eigenvalue weighted by Crippen LogP contribution is 2.29. The number of nitrogens with one attached hydrogen (secondary N) is 1. The molecule has 146 valence electrons. The van der Waals surface area contributed by atoms with Gasteiger partial charge in [-0.25, -0.2) is 9.97 Å². The number of rotatable bonds is 5. The van der Waals surface area contributed by atoms with Crippen molar-refractivity contribution < 1.29 is 9.59 Å². The van der Waals surface area contributed by atoms with Gasteiger partial charge in [-0.05, 0) is 51.0 Å². The average molecular weight is 370 g/mol. The third kappa shape index (κ3) is 3.99. The van der Waals surface area contributed by atoms with E-state index < -0.39 is 0 Å². The van der Waals surface area contributed by atoms with Crippen LogP contribution < -0.4 is 5.32 Å². The highest BCUT2D eigenvalue weighted by Gasteiger charge is 2.38. The molecular formula is C21H30N4O2. The van der Waals surface area contributed by atoms with E-state index in [0.717, 1.165) is 37.2 Å². The van der Waals surface area contributed by atoms with E-state index in [4.69, 9.17) is 4.98 Å². The molecule has 1 saturated carbocycles. The molecule has 0 unspecified atom stereocenters. The zero-order valence-corrected chi connectivity index (χ0v) is 16.3. The number of carbonyl (C=O) groups excluding carboxylic acids is 2. The van der Waals surface area contributed by atoms with Gasteiger partial charge in [-0.1, -0.05) is 12.8 Å². The van der Waals surface area contributed by atoms with Crippen molar-refractivity contribution in [3.05, 3.63) is 22.8 Å². The largest absolute Gasteiger partial charge is 0.355 e. The highest BCUT2D eigenvalue weighted by molar-refractivity contribution is 5.89. The summed E-state index contributed by atoms with van der Waals surface area (Å²) in [6.45, 7) is 3.19. The Kier molecular flexibility index (Phi) is 5.41. The minimum atomic E-state index is -0.204. The molecule has 1 aliphatic heterocycles. The number of hydrogen-bond acceptors (Lipinski definition) is 4. The van der Waals surface area contributed by atoms with Crippen molar-refractivity contribution in [1.29, 1.82) is 0 Å². The molecule has 27 heavy (non-hydrogen) atoms. The van der Waals surface area contributed by atoms with E-state index in [-0.39, 0.29) is 17.7 Å². The first-order chi connectivity index (χ1) is 13.1. The lowest BCUT2D eigenvalue weighted by Gasteiger charge is -2.23. The van der Waals surface area contributed by atoms with Crippen molar-refractivity contribution in [2.24, 2.45) is 5.92 Å². The van der Waals surface area contributed by atoms with E-state index in [9.17, 15) is 9.59 Å². The highest BCUT2D eigenvalue weighted by atomic mass is 16.2. The molecule has 1 N–H and O–H groups in total. The normalized spacial score (nSPS) is 22.9. The van der Waals surface area contributed by atoms with Gasteiger partial charge >= 0.3 is 0 Å². The summed E-state index contributed by atoms with van der Waals surface area (Å²) >= 11 is 0. The molecule has 2 amide bonds. The lowest BCUT2D eigenvalue weighted by atomic mass is 9.95. The summed E-state index contributed by atoms with van der Waals surface area (Å²) in [4.78, 5) is 36.1. The fourth-order valence-electron chi connectivity index (χ4n) is 4.87. The second kappa shape index (κ2) is 7.95. The molecule has 0 bridgehead atoms. The SMILES string of the molecule is Cc1nc(CCNC(=O)[C@@H]2CC(=O)N(C3CCCC3)C2)nc2c1CCCC2. The molecular weight excluding hydrogens is 340 g/mol. The molecule has 4 rings (SSSR count). The summed E-state index contributed by atoms with van der Waals surface area (Å²) in [7, 11) is 0. The maximum atomic E-state index is 12.5. The molecule has 1 saturated heterocycles. The zero-order valence-electron chi connectivity index (χ0n) is 16.3. The Hall–Kier alpha value is -1.98. The molecule has 0 aromatic carbocycles. The van der Waals surface area contributed by atoms with Gasteiger partial charge in [0.25, 0.3) is 0 Å². The minimum absolute atomic E-state index is 0.00136. The molecule has 1 aromatic heterocycles. The van der Waals surface area contributed by atoms with Gasteiger partial charge < -0.3 is 10.2 Å². The Morgan fingerprint density at radius 1 is 1.15 bits per heavy atom. The average Bonchev–Trinajstić information content (AvgIpc) is 3.31. The van der Waals surface area contributed by atoms with E-state index in [2.05, 4.69) is 17.2 Å². The van der Waals surface area contributed by atoms with Gasteiger partial charge in [-0.15, -0.1) is 0 Å². The quantitative estimate of drug-likeness (QED) is 0.861. The van der Waals surface area contributed by atoms with Crippen LogP contribution in [0.15, 0.2) is 0 Å². The second-order valence-corrected chi connectivity index (χ2v) is 8.28. The second-order valence-electron chi connectivity index (χ2n) is 8.28. The van der Waals surface area contributed by atoms with Crippen LogP contribution in [0, 0.1) is 12.8 Å². The summed E-state index contributed by atoms with van der Waals surface area (Å²) in [5, 5.41) is 3.01. The summed E-state index contributed by atoms with van der Waals surface area (Å²) in [6.07, 6.45) is 10.1. The van der Waals surface area contributed by atoms with Crippen LogP contribution in [0.4, 0.5) is 0 Å². The van der Waals surface area contributed by atoms with E-state index in [0.29, 0.717) is 32.0 Å². The van der Waals surface area contributed by atoms with E-state index in [1.807, 2.05) is 4.90 Å². The molecule has 1 aromatic rings. The van der Waals surface area contributed by atoms with Crippen LogP contribution in [-0.2, 0) is 28.9 Å². The molecule has 2 fully saturated rings. The van der Waals surface area contributed by atoms with Crippen LogP contribution in [0.2, 0.25) is 0 Å². The molecule has 0 spiro atoms. The van der Waals surface area contributed by atoms with Gasteiger partial charge in [0.05, 0.1) is 5.92 Å². The fourth-order valence-corrected chi connectivity index (χ4v) is 4.87. The van der Waals surface area contributed by atoms with Crippen LogP contribution in [-0.4, -0.2) is 45.8 Å². The number of fused-ring (bicyclic) bond motifs is 1. The smallest absolute Gasteiger partial charge is 0.225 e. The summed E-state index contributed by atoms with van der Waals surface area (Å²) in [6, 6.07) is 0.363. The van der Waals surface area contributed by atoms with Crippen molar-refractivity contribution in [3.63, 3.8) is 0 Å². The number of nitrogens with zero attached hydrogens (tertiary/aromatic N) is 3. The van der Waals surface area contributed by atoms with Gasteiger partial charge in [0.15, 0.2) is 0 Å². The van der Waals surface area contributed by atoms with Crippen LogP contribution in [0.25, 0.3) is 0 Å². The number of hydrogen-bond donors (Lipinski definition) is 1. The van der Waals surface area contributed by atoms with Gasteiger partial charge in [0, 0.05) is 43.4 Å². The van der Waals surface area contributed by atoms with Crippen molar-refractivity contribution in [1.82, 2.24) is 20.2 Å². The van der Waals surface area contributed by atoms with Crippen LogP contribution in [0.3, 0.4) is 0 Å². The molecule has 1 atom stereocenters. The van der Waals surface area contributed by atoms with Crippen LogP contribution in [0.1, 0.15) is 67.7 Å². The number of amides is 2. The van der Waals surface area contributed by atoms with Crippen LogP contribution in [0.5, 0.6) is 0 Å². The number of likely N-dealkylation sites (tertiary alicyclic amines) is 1. The van der Waals surface area contributed by atoms with Gasteiger partial charge in [0.1, 0.15) is 5.82 Å². The zero-order chi connectivity index (χ0) is 18.8. The van der Waals surface area contributed by atoms with E-state index >= 15 is 0 Å². The maximum Gasteiger partial charge on any atom is 0.225 e. The molecule has 2 heterocycles. The van der Waals surface area contributed by atoms with Crippen molar-refractivity contribution >= 4 is 11.8 Å². The van der Waals surface area contributed by atoms with Crippen molar-refractivity contribution in [3.8, 4) is 0 Å². The Balaban J connectivity index is 1.29. The lowest BCUT2D eigenvalue weighted by Crippen LogP contribution is -2.37. The summed E-state index contributed by atoms with van der Waals surface area (Å²) < 4.78 is 0. The van der Waals surface area contributed by atoms with E-state index in [1.165, 1.54) is 36.9 Å². The Bertz CT molecular complexity index is 727. The first-order valence-corrected chi connectivity index (χ1v) is 10.5. The topological polar surface area (TPSA) is 75.2 Å². The summed E-state index contributed by atoms with van der Waals surface area (Å²) in [5.41, 5.74) is 3.61. The Morgan fingerprint density at radius 2 is 1.93 bits per heavy atom. The van der Waals surface area contributed by atoms with Gasteiger partial charge in [-0.2, -0.15) is 0 Å². The number of aryl methyl sites for hydroxylation is 2. The fraction of sp³-hybridized carbons (Fsp3) is 0.714. The van der Waals surface area contributed by atoms with Crippen molar-refractivity contribution in [2.45, 2.75) is 77.2 Å². The summed E-state index contributed by atoms with van der Waals surface area (Å²) in [5.74, 6) is 0.766. The molecule has 2 aliphatic carbocycles. The Morgan fingerprint density at radius 3 is 2.74 bits per heavy atom. The van der Waals surface area contributed by atoms with Gasteiger partial charge in [-0.3, -0.25) is 9.59 Å². The molecule has 6 nitrogen and oxygen atoms in total. The minimum Gasteiger partial charge on any atom is -0.355 e. The molecule has 6 heteroatoms. The molecule has 0 radical (unpaired) electrons. The Labute approximate surface area is 161 Å². The van der Waals surface area contributed by atoms with E-state index in [1.54, 1.807) is 0 Å². The molecule has 3 aliphatic rings. The predicted molar refractivity (Wildman–Crippen MR) is 102 cm³/mol. The maximum absolute atomic E-state index is 12.5. The third-order valence-electron chi connectivity index (χ3n) is 6.38. The first kappa shape index (κ1) is 18.4.